The van der Waals surface area contributed by atoms with Gasteiger partial charge < -0.3 is 5.32 Å². The monoisotopic (exact) mass is 297 g/mol. The molecular weight excluding hydrogens is 282 g/mol. The molecule has 1 heterocycles. The molecule has 102 valence electrons. The number of aromatic nitrogens is 1. The van der Waals surface area contributed by atoms with Crippen molar-refractivity contribution < 1.29 is 8.42 Å². The smallest absolute Gasteiger partial charge is 0.240 e. The van der Waals surface area contributed by atoms with Gasteiger partial charge in [-0.2, -0.15) is 0 Å². The Morgan fingerprint density at radius 2 is 2.16 bits per heavy atom. The normalized spacial score (nSPS) is 11.5. The van der Waals surface area contributed by atoms with Crippen LogP contribution in [-0.2, 0) is 16.6 Å². The summed E-state index contributed by atoms with van der Waals surface area (Å²) in [6.07, 6.45) is 0. The van der Waals surface area contributed by atoms with Crippen LogP contribution in [-0.4, -0.2) is 20.4 Å². The number of thiazole rings is 1. The molecule has 2 N–H and O–H groups in total. The highest BCUT2D eigenvalue weighted by Crippen LogP contribution is 2.15. The summed E-state index contributed by atoms with van der Waals surface area (Å²) in [6, 6.07) is 6.81. The van der Waals surface area contributed by atoms with Gasteiger partial charge in [-0.3, -0.25) is 0 Å². The third-order valence-electron chi connectivity index (χ3n) is 2.51. The van der Waals surface area contributed by atoms with Crippen molar-refractivity contribution in [1.29, 1.82) is 0 Å². The first-order valence-corrected chi connectivity index (χ1v) is 8.06. The summed E-state index contributed by atoms with van der Waals surface area (Å²) in [5.74, 6) is 0. The van der Waals surface area contributed by atoms with Crippen molar-refractivity contribution in [3.05, 3.63) is 40.9 Å². The number of nitrogens with zero attached hydrogens (tertiary/aromatic N) is 1. The fourth-order valence-electron chi connectivity index (χ4n) is 1.54. The van der Waals surface area contributed by atoms with Crippen molar-refractivity contribution in [2.75, 3.05) is 12.4 Å². The predicted molar refractivity (Wildman–Crippen MR) is 76.9 cm³/mol. The Morgan fingerprint density at radius 3 is 2.79 bits per heavy atom. The number of aryl methyl sites for hydroxylation is 1. The van der Waals surface area contributed by atoms with Crippen molar-refractivity contribution in [3.8, 4) is 0 Å². The summed E-state index contributed by atoms with van der Waals surface area (Å²) in [5, 5.41) is 5.51. The molecule has 0 aliphatic rings. The molecule has 0 fully saturated rings. The maximum atomic E-state index is 12.1. The number of sulfonamides is 1. The van der Waals surface area contributed by atoms with Gasteiger partial charge in [0.25, 0.3) is 0 Å². The lowest BCUT2D eigenvalue weighted by Crippen LogP contribution is -2.23. The number of anilines is 1. The highest BCUT2D eigenvalue weighted by molar-refractivity contribution is 7.89. The van der Waals surface area contributed by atoms with Crippen LogP contribution in [0.3, 0.4) is 0 Å². The first-order chi connectivity index (χ1) is 9.01. The summed E-state index contributed by atoms with van der Waals surface area (Å²) in [5.41, 5.74) is 1.61. The van der Waals surface area contributed by atoms with E-state index < -0.39 is 10.0 Å². The average molecular weight is 297 g/mol. The molecule has 1 aromatic carbocycles. The summed E-state index contributed by atoms with van der Waals surface area (Å²) in [4.78, 5) is 4.50. The van der Waals surface area contributed by atoms with E-state index in [4.69, 9.17) is 0 Å². The van der Waals surface area contributed by atoms with Crippen LogP contribution in [0.4, 0.5) is 5.13 Å². The Balaban J connectivity index is 2.09. The van der Waals surface area contributed by atoms with Crippen LogP contribution in [0, 0.1) is 6.92 Å². The summed E-state index contributed by atoms with van der Waals surface area (Å²) >= 11 is 1.44. The van der Waals surface area contributed by atoms with E-state index in [1.54, 1.807) is 25.2 Å². The second kappa shape index (κ2) is 5.68. The minimum Gasteiger partial charge on any atom is -0.365 e. The van der Waals surface area contributed by atoms with E-state index in [2.05, 4.69) is 15.0 Å². The molecule has 0 aliphatic heterocycles. The van der Waals surface area contributed by atoms with Gasteiger partial charge in [-0.1, -0.05) is 12.1 Å². The first kappa shape index (κ1) is 14.0. The van der Waals surface area contributed by atoms with Crippen molar-refractivity contribution in [3.63, 3.8) is 0 Å². The van der Waals surface area contributed by atoms with Crippen LogP contribution < -0.4 is 10.0 Å². The zero-order valence-electron chi connectivity index (χ0n) is 10.7. The molecule has 19 heavy (non-hydrogen) atoms. The molecule has 0 atom stereocenters. The summed E-state index contributed by atoms with van der Waals surface area (Å²) in [7, 11) is -1.71. The standard InChI is InChI=1S/C12H15N3O2S2/c1-9-4-3-5-11(6-9)19(16,17)14-7-10-8-18-12(13-2)15-10/h3-6,8,14H,7H2,1-2H3,(H,13,15). The molecule has 0 amide bonds. The van der Waals surface area contributed by atoms with Gasteiger partial charge in [0.15, 0.2) is 5.13 Å². The van der Waals surface area contributed by atoms with Crippen LogP contribution in [0.5, 0.6) is 0 Å². The number of nitrogens with one attached hydrogen (secondary N) is 2. The summed E-state index contributed by atoms with van der Waals surface area (Å²) < 4.78 is 26.7. The lowest BCUT2D eigenvalue weighted by atomic mass is 10.2. The second-order valence-corrected chi connectivity index (χ2v) is 6.66. The van der Waals surface area contributed by atoms with Gasteiger partial charge in [-0.15, -0.1) is 11.3 Å². The van der Waals surface area contributed by atoms with Gasteiger partial charge in [0.1, 0.15) is 0 Å². The van der Waals surface area contributed by atoms with Gasteiger partial charge in [-0.05, 0) is 24.6 Å². The molecule has 0 spiro atoms. The maximum Gasteiger partial charge on any atom is 0.240 e. The van der Waals surface area contributed by atoms with E-state index in [0.717, 1.165) is 10.7 Å². The van der Waals surface area contributed by atoms with Gasteiger partial charge in [-0.25, -0.2) is 18.1 Å². The minimum absolute atomic E-state index is 0.189. The third kappa shape index (κ3) is 3.52. The Kier molecular flexibility index (Phi) is 4.18. The lowest BCUT2D eigenvalue weighted by molar-refractivity contribution is 0.580. The number of benzene rings is 1. The highest BCUT2D eigenvalue weighted by Gasteiger charge is 2.14. The van der Waals surface area contributed by atoms with Crippen LogP contribution in [0.25, 0.3) is 0 Å². The Hall–Kier alpha value is -1.44. The molecule has 0 aliphatic carbocycles. The topological polar surface area (TPSA) is 71.1 Å². The maximum absolute atomic E-state index is 12.1. The van der Waals surface area contributed by atoms with Gasteiger partial charge in [0, 0.05) is 12.4 Å². The molecule has 0 saturated heterocycles. The van der Waals surface area contributed by atoms with E-state index in [0.29, 0.717) is 5.69 Å². The SMILES string of the molecule is CNc1nc(CNS(=O)(=O)c2cccc(C)c2)cs1. The van der Waals surface area contributed by atoms with Crippen LogP contribution in [0.2, 0.25) is 0 Å². The van der Waals surface area contributed by atoms with Crippen LogP contribution >= 0.6 is 11.3 Å². The number of hydrogen-bond acceptors (Lipinski definition) is 5. The first-order valence-electron chi connectivity index (χ1n) is 5.70. The van der Waals surface area contributed by atoms with E-state index >= 15 is 0 Å². The van der Waals surface area contributed by atoms with Crippen LogP contribution in [0.1, 0.15) is 11.3 Å². The molecule has 0 unspecified atom stereocenters. The molecule has 2 aromatic rings. The minimum atomic E-state index is -3.48. The van der Waals surface area contributed by atoms with E-state index in [1.165, 1.54) is 11.3 Å². The molecule has 0 saturated carbocycles. The van der Waals surface area contributed by atoms with Crippen LogP contribution in [0.15, 0.2) is 34.5 Å². The molecule has 1 aromatic heterocycles. The fourth-order valence-corrected chi connectivity index (χ4v) is 3.31. The van der Waals surface area contributed by atoms with Gasteiger partial charge in [0.2, 0.25) is 10.0 Å². The predicted octanol–water partition coefficient (Wildman–Crippen LogP) is 1.97. The molecule has 2 rings (SSSR count). The Labute approximate surface area is 116 Å². The number of rotatable bonds is 5. The van der Waals surface area contributed by atoms with E-state index in [9.17, 15) is 8.42 Å². The molecule has 5 nitrogen and oxygen atoms in total. The zero-order chi connectivity index (χ0) is 13.9. The largest absolute Gasteiger partial charge is 0.365 e. The Morgan fingerprint density at radius 1 is 1.37 bits per heavy atom. The fraction of sp³-hybridized carbons (Fsp3) is 0.250. The van der Waals surface area contributed by atoms with Crippen molar-refractivity contribution in [2.45, 2.75) is 18.4 Å². The van der Waals surface area contributed by atoms with E-state index in [-0.39, 0.29) is 11.4 Å². The quantitative estimate of drug-likeness (QED) is 0.885. The van der Waals surface area contributed by atoms with Crippen molar-refractivity contribution in [1.82, 2.24) is 9.71 Å². The second-order valence-electron chi connectivity index (χ2n) is 4.04. The zero-order valence-corrected chi connectivity index (χ0v) is 12.3. The Bertz CT molecular complexity index is 665. The highest BCUT2D eigenvalue weighted by atomic mass is 32.2. The van der Waals surface area contributed by atoms with E-state index in [1.807, 2.05) is 18.4 Å². The van der Waals surface area contributed by atoms with Gasteiger partial charge in [0.05, 0.1) is 17.1 Å². The molecule has 0 radical (unpaired) electrons. The molecule has 0 bridgehead atoms. The third-order valence-corrected chi connectivity index (χ3v) is 4.82. The van der Waals surface area contributed by atoms with Crippen molar-refractivity contribution >= 4 is 26.5 Å². The van der Waals surface area contributed by atoms with Crippen molar-refractivity contribution in [2.24, 2.45) is 0 Å². The number of hydrogen-bond donors (Lipinski definition) is 2. The van der Waals surface area contributed by atoms with Gasteiger partial charge >= 0.3 is 0 Å². The molecule has 7 heteroatoms. The average Bonchev–Trinajstić information content (AvgIpc) is 2.84. The lowest BCUT2D eigenvalue weighted by Gasteiger charge is -2.05. The molecular formula is C12H15N3O2S2. The summed E-state index contributed by atoms with van der Waals surface area (Å²) in [6.45, 7) is 2.05.